The Bertz CT molecular complexity index is 1250. The maximum Gasteiger partial charge on any atom is 0.336 e. The highest BCUT2D eigenvalue weighted by Crippen LogP contribution is 2.72. The van der Waals surface area contributed by atoms with Gasteiger partial charge < -0.3 is 30.6 Å². The Morgan fingerprint density at radius 3 is 2.30 bits per heavy atom. The van der Waals surface area contributed by atoms with E-state index in [1.165, 1.54) is 13.8 Å². The summed E-state index contributed by atoms with van der Waals surface area (Å²) in [7, 11) is 0. The average Bonchev–Trinajstić information content (AvgIpc) is 3.04. The van der Waals surface area contributed by atoms with Crippen molar-refractivity contribution in [1.82, 2.24) is 0 Å². The summed E-state index contributed by atoms with van der Waals surface area (Å²) in [5, 5.41) is 22.3. The summed E-state index contributed by atoms with van der Waals surface area (Å²) >= 11 is 0.281. The summed E-state index contributed by atoms with van der Waals surface area (Å²) in [5.41, 5.74) is -8.98. The van der Waals surface area contributed by atoms with E-state index in [1.54, 1.807) is 6.92 Å². The number of carbonyl (C=O) groups is 4. The second-order valence-electron chi connectivity index (χ2n) is 11.2. The SMILES string of the molecule is C[C@@H]1C[C@H]2C3C[C@H](F)C4=CC(=O)C5=C(OC(=O)/C=C/C(=O)O5)[C@@]4(C)[C@@]3(F)[C@@H](O)C[C@]2(C)[C@@]1(O)C(=O)SCF.O.O. The summed E-state index contributed by atoms with van der Waals surface area (Å²) in [5.74, 6) is -7.68. The fourth-order valence-electron chi connectivity index (χ4n) is 7.92. The van der Waals surface area contributed by atoms with Crippen LogP contribution in [0.2, 0.25) is 0 Å². The van der Waals surface area contributed by atoms with Crippen molar-refractivity contribution < 1.29 is 63.0 Å². The third-order valence-electron chi connectivity index (χ3n) is 9.71. The fraction of sp³-hybridized carbons (Fsp3) is 0.615. The van der Waals surface area contributed by atoms with Crippen molar-refractivity contribution in [3.63, 3.8) is 0 Å². The molecule has 3 fully saturated rings. The van der Waals surface area contributed by atoms with Crippen LogP contribution >= 0.6 is 11.8 Å². The van der Waals surface area contributed by atoms with E-state index < -0.39 is 105 Å². The summed E-state index contributed by atoms with van der Waals surface area (Å²) in [6, 6.07) is -1.09. The Morgan fingerprint density at radius 2 is 1.70 bits per heavy atom. The molecule has 1 unspecified atom stereocenters. The molecule has 222 valence electrons. The van der Waals surface area contributed by atoms with Crippen LogP contribution in [0.4, 0.5) is 13.2 Å². The number of rotatable bonds is 2. The Kier molecular flexibility index (Phi) is 8.07. The lowest BCUT2D eigenvalue weighted by molar-refractivity contribution is -0.229. The first-order valence-electron chi connectivity index (χ1n) is 12.3. The number of hydrogen-bond donors (Lipinski definition) is 2. The molecule has 3 saturated carbocycles. The monoisotopic (exact) mass is 592 g/mol. The van der Waals surface area contributed by atoms with Crippen molar-refractivity contribution in [3.05, 3.63) is 35.3 Å². The molecule has 0 aromatic heterocycles. The van der Waals surface area contributed by atoms with Crippen LogP contribution in [0.5, 0.6) is 0 Å². The molecule has 4 aliphatic carbocycles. The van der Waals surface area contributed by atoms with Crippen LogP contribution in [0.15, 0.2) is 35.3 Å². The first-order chi connectivity index (χ1) is 17.7. The first kappa shape index (κ1) is 32.0. The van der Waals surface area contributed by atoms with Crippen molar-refractivity contribution in [3.8, 4) is 0 Å². The number of alkyl halides is 3. The van der Waals surface area contributed by atoms with Crippen LogP contribution in [-0.2, 0) is 28.7 Å². The Hall–Kier alpha value is -2.52. The van der Waals surface area contributed by atoms with Crippen molar-refractivity contribution in [2.24, 2.45) is 28.6 Å². The molecule has 0 spiro atoms. The molecule has 0 amide bonds. The molecular weight excluding hydrogens is 561 g/mol. The van der Waals surface area contributed by atoms with Crippen LogP contribution in [0.3, 0.4) is 0 Å². The molecule has 5 aliphatic rings. The predicted molar refractivity (Wildman–Crippen MR) is 133 cm³/mol. The van der Waals surface area contributed by atoms with Gasteiger partial charge in [0.25, 0.3) is 0 Å². The van der Waals surface area contributed by atoms with Gasteiger partial charge in [-0.3, -0.25) is 9.59 Å². The molecule has 9 atom stereocenters. The number of allylic oxidation sites excluding steroid dienone is 2. The van der Waals surface area contributed by atoms with Gasteiger partial charge >= 0.3 is 11.9 Å². The number of hydrogen-bond acceptors (Lipinski definition) is 9. The maximum atomic E-state index is 17.8. The molecule has 1 aliphatic heterocycles. The van der Waals surface area contributed by atoms with Gasteiger partial charge in [0.15, 0.2) is 11.4 Å². The van der Waals surface area contributed by atoms with E-state index in [9.17, 15) is 33.8 Å². The van der Waals surface area contributed by atoms with Gasteiger partial charge in [0.2, 0.25) is 16.7 Å². The van der Waals surface area contributed by atoms with Gasteiger partial charge in [0, 0.05) is 23.5 Å². The zero-order valence-corrected chi connectivity index (χ0v) is 22.6. The molecule has 40 heavy (non-hydrogen) atoms. The topological polar surface area (TPSA) is 190 Å². The second kappa shape index (κ2) is 10.1. The highest BCUT2D eigenvalue weighted by atomic mass is 32.2. The van der Waals surface area contributed by atoms with Gasteiger partial charge in [-0.25, -0.2) is 22.8 Å². The minimum Gasteiger partial charge on any atom is -0.423 e. The maximum absolute atomic E-state index is 17.8. The van der Waals surface area contributed by atoms with Crippen LogP contribution in [-0.4, -0.2) is 73.6 Å². The molecule has 5 rings (SSSR count). The minimum atomic E-state index is -2.77. The molecule has 0 radical (unpaired) electrons. The minimum absolute atomic E-state index is 0. The van der Waals surface area contributed by atoms with Crippen LogP contribution in [0.25, 0.3) is 0 Å². The van der Waals surface area contributed by atoms with E-state index in [-0.39, 0.29) is 34.7 Å². The van der Waals surface area contributed by atoms with E-state index in [2.05, 4.69) is 0 Å². The van der Waals surface area contributed by atoms with Crippen LogP contribution < -0.4 is 0 Å². The number of fused-ring (bicyclic) bond motifs is 6. The van der Waals surface area contributed by atoms with Crippen LogP contribution in [0, 0.1) is 28.6 Å². The third kappa shape index (κ3) is 3.72. The fourth-order valence-corrected chi connectivity index (χ4v) is 8.67. The molecule has 14 heteroatoms. The van der Waals surface area contributed by atoms with E-state index >= 15 is 8.78 Å². The van der Waals surface area contributed by atoms with Gasteiger partial charge in [-0.15, -0.1) is 0 Å². The number of carbonyl (C=O) groups excluding carboxylic acids is 4. The standard InChI is InChI=1S/C26H27F3O8S.2H2O/c1-11-6-12-13-7-15(28)14-8-16(30)20-21(37-19(33)5-4-18(32)36-20)24(14,3)25(13,29)17(31)9-23(12,2)26(11,35)22(34)38-10-27;;/h4-5,8,11-13,15,17,31,35H,6-7,9-10H2,1-3H3;2*1H2/b5-4+;;/t11-,12+,13?,15+,17+,23+,24+,25+,26+;;/m1../s1. The van der Waals surface area contributed by atoms with E-state index in [1.807, 2.05) is 0 Å². The van der Waals surface area contributed by atoms with Gasteiger partial charge in [-0.2, -0.15) is 0 Å². The number of thioether (sulfide) groups is 1. The lowest BCUT2D eigenvalue weighted by Gasteiger charge is -2.63. The normalized spacial score (nSPS) is 44.5. The molecule has 10 nitrogen and oxygen atoms in total. The lowest BCUT2D eigenvalue weighted by atomic mass is 9.44. The molecule has 6 N–H and O–H groups in total. The molecule has 0 bridgehead atoms. The average molecular weight is 593 g/mol. The molecule has 0 aromatic carbocycles. The third-order valence-corrected chi connectivity index (χ3v) is 10.4. The molecular formula is C26H31F3O10S. The number of esters is 2. The number of aliphatic hydroxyl groups is 2. The Balaban J connectivity index is 0.00000220. The smallest absolute Gasteiger partial charge is 0.336 e. The summed E-state index contributed by atoms with van der Waals surface area (Å²) in [6.45, 7) is 4.27. The van der Waals surface area contributed by atoms with Gasteiger partial charge in [0.1, 0.15) is 17.8 Å². The predicted octanol–water partition coefficient (Wildman–Crippen LogP) is 1.13. The number of ketones is 1. The molecule has 0 aromatic rings. The number of ether oxygens (including phenoxy) is 2. The van der Waals surface area contributed by atoms with Crippen molar-refractivity contribution >= 4 is 34.6 Å². The van der Waals surface area contributed by atoms with E-state index in [4.69, 9.17) is 9.47 Å². The van der Waals surface area contributed by atoms with Crippen molar-refractivity contribution in [1.29, 1.82) is 0 Å². The zero-order valence-electron chi connectivity index (χ0n) is 21.8. The molecule has 0 saturated heterocycles. The Morgan fingerprint density at radius 1 is 1.10 bits per heavy atom. The first-order valence-corrected chi connectivity index (χ1v) is 13.3. The van der Waals surface area contributed by atoms with E-state index in [0.29, 0.717) is 0 Å². The summed E-state index contributed by atoms with van der Waals surface area (Å²) in [6.07, 6.45) is -2.52. The highest BCUT2D eigenvalue weighted by Gasteiger charge is 2.78. The highest BCUT2D eigenvalue weighted by molar-refractivity contribution is 8.13. The summed E-state index contributed by atoms with van der Waals surface area (Å²) < 4.78 is 57.2. The van der Waals surface area contributed by atoms with Gasteiger partial charge in [0.05, 0.1) is 11.5 Å². The van der Waals surface area contributed by atoms with E-state index in [0.717, 1.165) is 18.2 Å². The van der Waals surface area contributed by atoms with Crippen molar-refractivity contribution in [2.75, 3.05) is 6.01 Å². The Labute approximate surface area is 231 Å². The number of aliphatic hydroxyl groups excluding tert-OH is 1. The largest absolute Gasteiger partial charge is 0.423 e. The second-order valence-corrected chi connectivity index (χ2v) is 12.1. The lowest BCUT2D eigenvalue weighted by Crippen LogP contribution is -2.71. The van der Waals surface area contributed by atoms with Crippen molar-refractivity contribution in [2.45, 2.75) is 63.6 Å². The molecule has 1 heterocycles. The quantitative estimate of drug-likeness (QED) is 0.443. The summed E-state index contributed by atoms with van der Waals surface area (Å²) in [4.78, 5) is 50.4. The van der Waals surface area contributed by atoms with Crippen LogP contribution in [0.1, 0.15) is 40.0 Å². The van der Waals surface area contributed by atoms with Gasteiger partial charge in [-0.1, -0.05) is 25.6 Å². The number of halogens is 3. The zero-order chi connectivity index (χ0) is 28.0. The van der Waals surface area contributed by atoms with Gasteiger partial charge in [-0.05, 0) is 49.7 Å².